The van der Waals surface area contributed by atoms with Crippen molar-refractivity contribution in [3.05, 3.63) is 58.1 Å². The molecule has 0 amide bonds. The normalized spacial score (nSPS) is 20.6. The van der Waals surface area contributed by atoms with Crippen molar-refractivity contribution in [3.63, 3.8) is 0 Å². The molecule has 6 nitrogen and oxygen atoms in total. The monoisotopic (exact) mass is 531 g/mol. The van der Waals surface area contributed by atoms with Crippen molar-refractivity contribution in [2.45, 2.75) is 63.4 Å². The zero-order valence-corrected chi connectivity index (χ0v) is 21.7. The van der Waals surface area contributed by atoms with E-state index in [-0.39, 0.29) is 30.0 Å². The number of para-hydroxylation sites is 1. The summed E-state index contributed by atoms with van der Waals surface area (Å²) < 4.78 is 18.9. The van der Waals surface area contributed by atoms with E-state index < -0.39 is 6.10 Å². The van der Waals surface area contributed by atoms with Gasteiger partial charge < -0.3 is 24.2 Å². The molecule has 184 valence electrons. The summed E-state index contributed by atoms with van der Waals surface area (Å²) in [5.41, 5.74) is 1.42. The molecule has 2 aromatic rings. The molecule has 2 unspecified atom stereocenters. The number of carbonyl (C=O) groups excluding carboxylic acids is 1. The second-order valence-electron chi connectivity index (χ2n) is 9.63. The fraction of sp³-hybridized carbons (Fsp3) is 0.519. The van der Waals surface area contributed by atoms with Crippen LogP contribution in [0, 0.1) is 0 Å². The molecular formula is C27H34BrNO5. The fourth-order valence-corrected chi connectivity index (χ4v) is 5.40. The van der Waals surface area contributed by atoms with Crippen LogP contribution in [0.4, 0.5) is 0 Å². The molecular weight excluding hydrogens is 498 g/mol. The van der Waals surface area contributed by atoms with Crippen molar-refractivity contribution < 1.29 is 24.1 Å². The Balaban J connectivity index is 1.33. The van der Waals surface area contributed by atoms with Gasteiger partial charge in [0.15, 0.2) is 5.78 Å². The van der Waals surface area contributed by atoms with Crippen molar-refractivity contribution in [2.75, 3.05) is 26.7 Å². The van der Waals surface area contributed by atoms with Gasteiger partial charge in [0.1, 0.15) is 17.1 Å². The van der Waals surface area contributed by atoms with Gasteiger partial charge in [0.25, 0.3) is 0 Å². The minimum absolute atomic E-state index is 0.0302. The molecule has 4 rings (SSSR count). The molecule has 1 N–H and O–H groups in total. The molecule has 7 heteroatoms. The number of aliphatic hydroxyl groups is 1. The summed E-state index contributed by atoms with van der Waals surface area (Å²) in [4.78, 5) is 14.9. The highest BCUT2D eigenvalue weighted by Gasteiger charge is 2.44. The lowest BCUT2D eigenvalue weighted by Gasteiger charge is -2.47. The van der Waals surface area contributed by atoms with Gasteiger partial charge in [-0.2, -0.15) is 0 Å². The van der Waals surface area contributed by atoms with Crippen molar-refractivity contribution >= 4 is 21.7 Å². The van der Waals surface area contributed by atoms with Crippen LogP contribution in [0.15, 0.2) is 46.9 Å². The number of ether oxygens (including phenoxy) is 3. The number of hydrogen-bond donors (Lipinski definition) is 1. The molecule has 2 atom stereocenters. The number of aliphatic hydroxyl groups excluding tert-OH is 1. The summed E-state index contributed by atoms with van der Waals surface area (Å²) in [6.07, 6.45) is 2.10. The summed E-state index contributed by atoms with van der Waals surface area (Å²) in [6.45, 7) is 6.24. The maximum Gasteiger partial charge on any atom is 0.165 e. The fourth-order valence-electron chi connectivity index (χ4n) is 4.99. The van der Waals surface area contributed by atoms with Gasteiger partial charge in [0.2, 0.25) is 0 Å². The van der Waals surface area contributed by atoms with Crippen LogP contribution in [0.25, 0.3) is 0 Å². The third-order valence-electron chi connectivity index (χ3n) is 6.72. The maximum atomic E-state index is 12.7. The predicted molar refractivity (Wildman–Crippen MR) is 135 cm³/mol. The van der Waals surface area contributed by atoms with Gasteiger partial charge in [-0.25, -0.2) is 0 Å². The quantitative estimate of drug-likeness (QED) is 0.473. The van der Waals surface area contributed by atoms with E-state index in [9.17, 15) is 9.90 Å². The van der Waals surface area contributed by atoms with Gasteiger partial charge in [0, 0.05) is 43.6 Å². The third kappa shape index (κ3) is 5.82. The van der Waals surface area contributed by atoms with Gasteiger partial charge in [-0.15, -0.1) is 0 Å². The summed E-state index contributed by atoms with van der Waals surface area (Å²) in [6, 6.07) is 13.4. The second-order valence-corrected chi connectivity index (χ2v) is 10.5. The minimum Gasteiger partial charge on any atom is -0.496 e. The number of halogens is 1. The SMILES string of the molecule is COc1cc(C(=O)CC(O)CN2CCC3(CC2)CC(OC(C)C)c2ccccc2O3)ccc1Br. The lowest BCUT2D eigenvalue weighted by molar-refractivity contribution is -0.0922. The summed E-state index contributed by atoms with van der Waals surface area (Å²) in [5, 5.41) is 10.6. The van der Waals surface area contributed by atoms with E-state index in [1.165, 1.54) is 0 Å². The van der Waals surface area contributed by atoms with Crippen molar-refractivity contribution in [2.24, 2.45) is 0 Å². The van der Waals surface area contributed by atoms with E-state index in [1.54, 1.807) is 25.3 Å². The molecule has 2 aliphatic rings. The van der Waals surface area contributed by atoms with Gasteiger partial charge in [-0.1, -0.05) is 24.3 Å². The van der Waals surface area contributed by atoms with Crippen LogP contribution in [0.3, 0.4) is 0 Å². The molecule has 34 heavy (non-hydrogen) atoms. The maximum absolute atomic E-state index is 12.7. The average molecular weight is 532 g/mol. The average Bonchev–Trinajstić information content (AvgIpc) is 2.80. The van der Waals surface area contributed by atoms with Crippen molar-refractivity contribution in [1.29, 1.82) is 0 Å². The van der Waals surface area contributed by atoms with Gasteiger partial charge in [0.05, 0.1) is 29.9 Å². The van der Waals surface area contributed by atoms with E-state index in [1.807, 2.05) is 18.2 Å². The first-order valence-electron chi connectivity index (χ1n) is 12.0. The first kappa shape index (κ1) is 25.2. The van der Waals surface area contributed by atoms with Gasteiger partial charge in [-0.3, -0.25) is 4.79 Å². The number of benzene rings is 2. The molecule has 1 saturated heterocycles. The standard InChI is InChI=1S/C27H34BrNO5/c1-18(2)33-26-16-27(34-24-7-5-4-6-21(24)26)10-12-29(13-11-27)17-20(30)15-23(31)19-8-9-22(28)25(14-19)32-3/h4-9,14,18,20,26,30H,10-13,15-17H2,1-3H3. The number of nitrogens with zero attached hydrogens (tertiary/aromatic N) is 1. The molecule has 2 aliphatic heterocycles. The van der Waals surface area contributed by atoms with Crippen molar-refractivity contribution in [1.82, 2.24) is 4.90 Å². The summed E-state index contributed by atoms with van der Waals surface area (Å²) >= 11 is 3.40. The van der Waals surface area contributed by atoms with Gasteiger partial charge in [-0.05, 0) is 60.8 Å². The zero-order chi connectivity index (χ0) is 24.3. The molecule has 1 spiro atoms. The Bertz CT molecular complexity index is 1000. The first-order valence-corrected chi connectivity index (χ1v) is 12.8. The Hall–Kier alpha value is -1.93. The highest BCUT2D eigenvalue weighted by molar-refractivity contribution is 9.10. The number of methoxy groups -OCH3 is 1. The lowest BCUT2D eigenvalue weighted by atomic mass is 9.81. The van der Waals surface area contributed by atoms with E-state index in [0.29, 0.717) is 17.9 Å². The number of hydrogen-bond acceptors (Lipinski definition) is 6. The van der Waals surface area contributed by atoms with Crippen LogP contribution in [0.5, 0.6) is 11.5 Å². The molecule has 0 radical (unpaired) electrons. The highest BCUT2D eigenvalue weighted by Crippen LogP contribution is 2.46. The number of ketones is 1. The summed E-state index contributed by atoms with van der Waals surface area (Å²) in [5.74, 6) is 1.44. The number of likely N-dealkylation sites (tertiary alicyclic amines) is 1. The van der Waals surface area contributed by atoms with E-state index in [4.69, 9.17) is 14.2 Å². The highest BCUT2D eigenvalue weighted by atomic mass is 79.9. The number of piperidine rings is 1. The topological polar surface area (TPSA) is 68.2 Å². The Morgan fingerprint density at radius 2 is 1.97 bits per heavy atom. The number of rotatable bonds is 8. The second kappa shape index (κ2) is 10.8. The zero-order valence-electron chi connectivity index (χ0n) is 20.1. The minimum atomic E-state index is -0.721. The van der Waals surface area contributed by atoms with Crippen LogP contribution in [-0.4, -0.2) is 60.3 Å². The largest absolute Gasteiger partial charge is 0.496 e. The van der Waals surface area contributed by atoms with E-state index in [0.717, 1.165) is 48.1 Å². The number of Topliss-reactive ketones (excluding diaryl/α,β-unsaturated/α-hetero) is 1. The summed E-state index contributed by atoms with van der Waals surface area (Å²) in [7, 11) is 1.57. The van der Waals surface area contributed by atoms with Crippen LogP contribution in [0.2, 0.25) is 0 Å². The smallest absolute Gasteiger partial charge is 0.165 e. The van der Waals surface area contributed by atoms with E-state index in [2.05, 4.69) is 40.7 Å². The van der Waals surface area contributed by atoms with Crippen LogP contribution >= 0.6 is 15.9 Å². The lowest BCUT2D eigenvalue weighted by Crippen LogP contribution is -2.52. The molecule has 2 heterocycles. The molecule has 0 saturated carbocycles. The van der Waals surface area contributed by atoms with Crippen LogP contribution < -0.4 is 9.47 Å². The number of fused-ring (bicyclic) bond motifs is 1. The molecule has 1 fully saturated rings. The molecule has 2 aromatic carbocycles. The predicted octanol–water partition coefficient (Wildman–Crippen LogP) is 5.17. The molecule has 0 aliphatic carbocycles. The Labute approximate surface area is 210 Å². The van der Waals surface area contributed by atoms with Crippen LogP contribution in [0.1, 0.15) is 61.6 Å². The number of carbonyl (C=O) groups is 1. The molecule has 0 aromatic heterocycles. The Kier molecular flexibility index (Phi) is 7.97. The Morgan fingerprint density at radius 1 is 1.24 bits per heavy atom. The van der Waals surface area contributed by atoms with Gasteiger partial charge >= 0.3 is 0 Å². The van der Waals surface area contributed by atoms with Crippen molar-refractivity contribution in [3.8, 4) is 11.5 Å². The Morgan fingerprint density at radius 3 is 2.68 bits per heavy atom. The van der Waals surface area contributed by atoms with Crippen LogP contribution in [-0.2, 0) is 4.74 Å². The third-order valence-corrected chi connectivity index (χ3v) is 7.37. The van der Waals surface area contributed by atoms with E-state index >= 15 is 0 Å². The molecule has 0 bridgehead atoms. The first-order chi connectivity index (χ1) is 16.3. The number of β-amino-alcohol motifs (C(OH)–C–C–N with tert-alkyl or cyclic N) is 1.